The number of hydrogen-bond acceptors (Lipinski definition) is 4. The largest absolute Gasteiger partial charge is 0.268 e. The average Bonchev–Trinajstić information content (AvgIpc) is 2.96. The van der Waals surface area contributed by atoms with Crippen molar-refractivity contribution in [3.05, 3.63) is 56.5 Å². The van der Waals surface area contributed by atoms with Crippen LogP contribution in [-0.4, -0.2) is 24.7 Å². The molecular formula is C16H18ClN3O3S. The molecule has 0 bridgehead atoms. The first-order valence-corrected chi connectivity index (χ1v) is 9.59. The topological polar surface area (TPSA) is 81.1 Å². The lowest BCUT2D eigenvalue weighted by Crippen LogP contribution is -2.32. The van der Waals surface area contributed by atoms with Crippen molar-refractivity contribution in [2.75, 3.05) is 6.54 Å². The second-order valence-corrected chi connectivity index (χ2v) is 8.01. The lowest BCUT2D eigenvalue weighted by Gasteiger charge is -2.11. The maximum Gasteiger partial charge on any atom is 0.267 e. The van der Waals surface area contributed by atoms with Gasteiger partial charge in [0.1, 0.15) is 0 Å². The van der Waals surface area contributed by atoms with E-state index in [9.17, 15) is 13.2 Å². The van der Waals surface area contributed by atoms with Crippen molar-refractivity contribution < 1.29 is 8.42 Å². The van der Waals surface area contributed by atoms with Crippen molar-refractivity contribution in [3.63, 3.8) is 0 Å². The highest BCUT2D eigenvalue weighted by Crippen LogP contribution is 2.20. The molecule has 6 nitrogen and oxygen atoms in total. The molecule has 0 amide bonds. The second kappa shape index (κ2) is 6.66. The molecule has 1 N–H and O–H groups in total. The van der Waals surface area contributed by atoms with Gasteiger partial charge in [0.25, 0.3) is 5.56 Å². The summed E-state index contributed by atoms with van der Waals surface area (Å²) in [6.07, 6.45) is 2.76. The van der Waals surface area contributed by atoms with Gasteiger partial charge < -0.3 is 0 Å². The summed E-state index contributed by atoms with van der Waals surface area (Å²) in [4.78, 5) is 12.2. The second-order valence-electron chi connectivity index (χ2n) is 5.84. The summed E-state index contributed by atoms with van der Waals surface area (Å²) < 4.78 is 28.6. The molecule has 1 aromatic carbocycles. The van der Waals surface area contributed by atoms with Crippen molar-refractivity contribution in [2.24, 2.45) is 0 Å². The van der Waals surface area contributed by atoms with Gasteiger partial charge >= 0.3 is 0 Å². The molecule has 0 radical (unpaired) electrons. The Kier molecular flexibility index (Phi) is 4.76. The van der Waals surface area contributed by atoms with E-state index in [-0.39, 0.29) is 23.5 Å². The van der Waals surface area contributed by atoms with Crippen LogP contribution in [0.3, 0.4) is 0 Å². The molecular weight excluding hydrogens is 350 g/mol. The molecule has 3 rings (SSSR count). The molecule has 0 aliphatic heterocycles. The van der Waals surface area contributed by atoms with E-state index in [1.807, 2.05) is 0 Å². The number of aromatic nitrogens is 2. The van der Waals surface area contributed by atoms with E-state index in [2.05, 4.69) is 9.82 Å². The van der Waals surface area contributed by atoms with Crippen molar-refractivity contribution in [3.8, 4) is 0 Å². The summed E-state index contributed by atoms with van der Waals surface area (Å²) in [6.45, 7) is 1.97. The minimum atomic E-state index is -3.69. The Hall–Kier alpha value is -1.70. The zero-order chi connectivity index (χ0) is 17.3. The van der Waals surface area contributed by atoms with Crippen molar-refractivity contribution in [1.29, 1.82) is 0 Å². The van der Waals surface area contributed by atoms with Crippen LogP contribution in [0.1, 0.15) is 23.2 Å². The normalized spacial score (nSPS) is 13.9. The van der Waals surface area contributed by atoms with Gasteiger partial charge in [-0.3, -0.25) is 4.79 Å². The van der Waals surface area contributed by atoms with Crippen LogP contribution in [0.4, 0.5) is 0 Å². The molecule has 0 saturated heterocycles. The number of halogens is 1. The Labute approximate surface area is 145 Å². The summed E-state index contributed by atoms with van der Waals surface area (Å²) in [5.41, 5.74) is 2.35. The molecule has 1 heterocycles. The summed E-state index contributed by atoms with van der Waals surface area (Å²) in [5.74, 6) is 0. The zero-order valence-corrected chi connectivity index (χ0v) is 14.8. The van der Waals surface area contributed by atoms with E-state index in [1.165, 1.54) is 10.7 Å². The van der Waals surface area contributed by atoms with Crippen molar-refractivity contribution >= 4 is 21.6 Å². The van der Waals surface area contributed by atoms with Crippen LogP contribution in [0.15, 0.2) is 34.0 Å². The minimum Gasteiger partial charge on any atom is -0.268 e. The maximum atomic E-state index is 12.4. The van der Waals surface area contributed by atoms with Gasteiger partial charge in [0.2, 0.25) is 10.0 Å². The molecule has 1 aliphatic carbocycles. The SMILES string of the molecule is Cc1ccc(Cl)cc1S(=O)(=O)NCCn1nc2c(cc1=O)CCC2. The number of rotatable bonds is 5. The third-order valence-electron chi connectivity index (χ3n) is 4.08. The van der Waals surface area contributed by atoms with Gasteiger partial charge in [0.05, 0.1) is 17.1 Å². The first kappa shape index (κ1) is 17.1. The number of nitrogens with one attached hydrogen (secondary N) is 1. The van der Waals surface area contributed by atoms with Crippen LogP contribution in [0, 0.1) is 6.92 Å². The number of benzene rings is 1. The fraction of sp³-hybridized carbons (Fsp3) is 0.375. The van der Waals surface area contributed by atoms with Crippen LogP contribution >= 0.6 is 11.6 Å². The van der Waals surface area contributed by atoms with Crippen LogP contribution in [0.25, 0.3) is 0 Å². The quantitative estimate of drug-likeness (QED) is 0.871. The molecule has 0 spiro atoms. The van der Waals surface area contributed by atoms with Crippen LogP contribution < -0.4 is 10.3 Å². The van der Waals surface area contributed by atoms with E-state index < -0.39 is 10.0 Å². The van der Waals surface area contributed by atoms with Crippen LogP contribution in [-0.2, 0) is 29.4 Å². The highest BCUT2D eigenvalue weighted by Gasteiger charge is 2.18. The van der Waals surface area contributed by atoms with E-state index in [4.69, 9.17) is 11.6 Å². The summed E-state index contributed by atoms with van der Waals surface area (Å²) in [5, 5.41) is 4.68. The Balaban J connectivity index is 1.72. The molecule has 8 heteroatoms. The first-order valence-electron chi connectivity index (χ1n) is 7.72. The third kappa shape index (κ3) is 3.53. The van der Waals surface area contributed by atoms with Crippen LogP contribution in [0.5, 0.6) is 0 Å². The lowest BCUT2D eigenvalue weighted by molar-refractivity contribution is 0.541. The van der Waals surface area contributed by atoms with Gasteiger partial charge in [0, 0.05) is 17.6 Å². The lowest BCUT2D eigenvalue weighted by atomic mass is 10.2. The van der Waals surface area contributed by atoms with Gasteiger partial charge in [-0.1, -0.05) is 17.7 Å². The number of hydrogen-bond donors (Lipinski definition) is 1. The summed E-state index contributed by atoms with van der Waals surface area (Å²) in [6, 6.07) is 6.32. The van der Waals surface area contributed by atoms with Gasteiger partial charge in [-0.2, -0.15) is 5.10 Å². The molecule has 1 aliphatic rings. The van der Waals surface area contributed by atoms with Gasteiger partial charge in [-0.15, -0.1) is 0 Å². The Morgan fingerprint density at radius 3 is 2.88 bits per heavy atom. The fourth-order valence-electron chi connectivity index (χ4n) is 2.83. The average molecular weight is 368 g/mol. The molecule has 0 fully saturated rings. The van der Waals surface area contributed by atoms with Gasteiger partial charge in [-0.25, -0.2) is 17.8 Å². The first-order chi connectivity index (χ1) is 11.4. The van der Waals surface area contributed by atoms with Gasteiger partial charge in [0.15, 0.2) is 0 Å². The minimum absolute atomic E-state index is 0.0833. The van der Waals surface area contributed by atoms with Crippen molar-refractivity contribution in [2.45, 2.75) is 37.6 Å². The number of fused-ring (bicyclic) bond motifs is 1. The van der Waals surface area contributed by atoms with E-state index >= 15 is 0 Å². The smallest absolute Gasteiger partial charge is 0.267 e. The highest BCUT2D eigenvalue weighted by atomic mass is 35.5. The number of aryl methyl sites for hydroxylation is 3. The molecule has 0 unspecified atom stereocenters. The van der Waals surface area contributed by atoms with E-state index in [1.54, 1.807) is 25.1 Å². The number of nitrogens with zero attached hydrogens (tertiary/aromatic N) is 2. The van der Waals surface area contributed by atoms with Crippen LogP contribution in [0.2, 0.25) is 5.02 Å². The Bertz CT molecular complexity index is 938. The monoisotopic (exact) mass is 367 g/mol. The Morgan fingerprint density at radius 1 is 1.29 bits per heavy atom. The molecule has 128 valence electrons. The highest BCUT2D eigenvalue weighted by molar-refractivity contribution is 7.89. The predicted molar refractivity (Wildman–Crippen MR) is 91.9 cm³/mol. The standard InChI is InChI=1S/C16H18ClN3O3S/c1-11-5-6-13(17)10-15(11)24(22,23)18-7-8-20-16(21)9-12-3-2-4-14(12)19-20/h5-6,9-10,18H,2-4,7-8H2,1H3. The number of sulfonamides is 1. The molecule has 24 heavy (non-hydrogen) atoms. The third-order valence-corrected chi connectivity index (χ3v) is 5.92. The molecule has 2 aromatic rings. The van der Waals surface area contributed by atoms with E-state index in [0.717, 1.165) is 30.5 Å². The predicted octanol–water partition coefficient (Wildman–Crippen LogP) is 1.67. The molecule has 0 saturated carbocycles. The van der Waals surface area contributed by atoms with Crippen molar-refractivity contribution in [1.82, 2.24) is 14.5 Å². The fourth-order valence-corrected chi connectivity index (χ4v) is 4.35. The van der Waals surface area contributed by atoms with Gasteiger partial charge in [-0.05, 0) is 49.4 Å². The molecule has 1 aromatic heterocycles. The maximum absolute atomic E-state index is 12.4. The summed E-state index contributed by atoms with van der Waals surface area (Å²) >= 11 is 5.88. The van der Waals surface area contributed by atoms with E-state index in [0.29, 0.717) is 10.6 Å². The Morgan fingerprint density at radius 2 is 2.08 bits per heavy atom. The summed E-state index contributed by atoms with van der Waals surface area (Å²) in [7, 11) is -3.69. The molecule has 0 atom stereocenters. The zero-order valence-electron chi connectivity index (χ0n) is 13.3.